The van der Waals surface area contributed by atoms with Crippen LogP contribution in [0.4, 0.5) is 0 Å². The largest absolute Gasteiger partial charge is 0.392 e. The highest BCUT2D eigenvalue weighted by Crippen LogP contribution is 2.25. The van der Waals surface area contributed by atoms with Crippen molar-refractivity contribution in [2.75, 3.05) is 26.2 Å². The second-order valence-electron chi connectivity index (χ2n) is 4.38. The minimum Gasteiger partial charge on any atom is -0.392 e. The van der Waals surface area contributed by atoms with Gasteiger partial charge in [-0.2, -0.15) is 0 Å². The van der Waals surface area contributed by atoms with Crippen LogP contribution in [0.25, 0.3) is 0 Å². The van der Waals surface area contributed by atoms with E-state index in [2.05, 4.69) is 30.0 Å². The molecule has 0 N–H and O–H groups in total. The molecule has 2 heterocycles. The first-order chi connectivity index (χ1) is 6.75. The Balaban J connectivity index is 1.79. The van der Waals surface area contributed by atoms with E-state index in [0.29, 0.717) is 12.5 Å². The summed E-state index contributed by atoms with van der Waals surface area (Å²) >= 11 is 0. The van der Waals surface area contributed by atoms with Gasteiger partial charge in [0, 0.05) is 19.0 Å². The molecule has 0 amide bonds. The van der Waals surface area contributed by atoms with E-state index in [9.17, 15) is 0 Å². The Morgan fingerprint density at radius 1 is 1.64 bits per heavy atom. The van der Waals surface area contributed by atoms with Crippen LogP contribution in [0.15, 0.2) is 16.8 Å². The van der Waals surface area contributed by atoms with Gasteiger partial charge in [-0.15, -0.1) is 0 Å². The lowest BCUT2D eigenvalue weighted by molar-refractivity contribution is 0.171. The summed E-state index contributed by atoms with van der Waals surface area (Å²) in [5, 5.41) is 4.21. The summed E-state index contributed by atoms with van der Waals surface area (Å²) in [5.74, 6) is 0.682. The van der Waals surface area contributed by atoms with Gasteiger partial charge in [0.05, 0.1) is 5.71 Å². The summed E-state index contributed by atoms with van der Waals surface area (Å²) in [6.45, 7) is 8.22. The quantitative estimate of drug-likeness (QED) is 0.388. The number of piperidine rings is 1. The lowest BCUT2D eigenvalue weighted by Gasteiger charge is -2.12. The molecule has 0 aromatic heterocycles. The lowest BCUT2D eigenvalue weighted by Crippen LogP contribution is -2.23. The van der Waals surface area contributed by atoms with Gasteiger partial charge in [-0.1, -0.05) is 10.7 Å². The third-order valence-corrected chi connectivity index (χ3v) is 2.88. The number of rotatable bonds is 3. The molecule has 0 aromatic rings. The van der Waals surface area contributed by atoms with E-state index in [-0.39, 0.29) is 0 Å². The van der Waals surface area contributed by atoms with E-state index in [4.69, 9.17) is 4.84 Å². The third kappa shape index (κ3) is 2.15. The molecule has 0 radical (unpaired) electrons. The molecule has 78 valence electrons. The first-order valence-corrected chi connectivity index (χ1v) is 5.30. The fourth-order valence-corrected chi connectivity index (χ4v) is 2.03. The van der Waals surface area contributed by atoms with Crippen LogP contribution in [0.3, 0.4) is 0 Å². The maximum absolute atomic E-state index is 5.27. The predicted octanol–water partition coefficient (Wildman–Crippen LogP) is 1.66. The van der Waals surface area contributed by atoms with E-state index < -0.39 is 0 Å². The topological polar surface area (TPSA) is 24.8 Å². The summed E-state index contributed by atoms with van der Waals surface area (Å²) in [6.07, 6.45) is 3.32. The number of hydrogen-bond donors (Lipinski definition) is 0. The summed E-state index contributed by atoms with van der Waals surface area (Å²) in [4.78, 5) is 7.70. The minimum atomic E-state index is 0.610. The number of oxime groups is 1. The van der Waals surface area contributed by atoms with Crippen LogP contribution in [-0.4, -0.2) is 36.9 Å². The number of nitrogens with zero attached hydrogens (tertiary/aromatic N) is 2. The number of fused-ring (bicyclic) bond motifs is 2. The highest BCUT2D eigenvalue weighted by atomic mass is 16.6. The van der Waals surface area contributed by atoms with Crippen LogP contribution >= 0.6 is 0 Å². The third-order valence-electron chi connectivity index (χ3n) is 2.88. The Morgan fingerprint density at radius 2 is 2.50 bits per heavy atom. The zero-order valence-electron chi connectivity index (χ0n) is 8.99. The maximum Gasteiger partial charge on any atom is 0.135 e. The van der Waals surface area contributed by atoms with Crippen molar-refractivity contribution in [3.05, 3.63) is 11.6 Å². The fraction of sp³-hybridized carbons (Fsp3) is 0.727. The van der Waals surface area contributed by atoms with Crippen molar-refractivity contribution < 1.29 is 4.84 Å². The number of hydrogen-bond acceptors (Lipinski definition) is 3. The van der Waals surface area contributed by atoms with Crippen LogP contribution < -0.4 is 0 Å². The summed E-state index contributed by atoms with van der Waals surface area (Å²) in [7, 11) is 0. The fourth-order valence-electron chi connectivity index (χ4n) is 2.03. The van der Waals surface area contributed by atoms with Crippen molar-refractivity contribution in [1.82, 2.24) is 4.90 Å². The molecule has 2 unspecified atom stereocenters. The van der Waals surface area contributed by atoms with Gasteiger partial charge in [0.2, 0.25) is 0 Å². The van der Waals surface area contributed by atoms with Gasteiger partial charge in [-0.3, -0.25) is 4.90 Å². The molecular formula is C11H18N2O. The molecule has 2 saturated heterocycles. The first kappa shape index (κ1) is 9.71. The monoisotopic (exact) mass is 194 g/mol. The standard InChI is InChI=1S/C11H18N2O/c1-9(2)4-6-14-12-11-8-13-5-3-10(11)7-13/h4,10H,3,5-8H2,1-2H3/b12-11-. The van der Waals surface area contributed by atoms with Crippen LogP contribution in [-0.2, 0) is 4.84 Å². The van der Waals surface area contributed by atoms with E-state index >= 15 is 0 Å². The Labute approximate surface area is 85.4 Å². The second-order valence-corrected chi connectivity index (χ2v) is 4.38. The molecule has 2 bridgehead atoms. The SMILES string of the molecule is CC(C)=CCO/N=C1/CN2CCC1C2. The predicted molar refractivity (Wildman–Crippen MR) is 57.4 cm³/mol. The number of allylic oxidation sites excluding steroid dienone is 1. The van der Waals surface area contributed by atoms with Crippen LogP contribution in [0.2, 0.25) is 0 Å². The average molecular weight is 194 g/mol. The second kappa shape index (κ2) is 4.13. The Kier molecular flexibility index (Phi) is 2.87. The van der Waals surface area contributed by atoms with Crippen molar-refractivity contribution in [3.8, 4) is 0 Å². The zero-order valence-corrected chi connectivity index (χ0v) is 8.99. The summed E-state index contributed by atoms with van der Waals surface area (Å²) < 4.78 is 0. The van der Waals surface area contributed by atoms with Crippen LogP contribution in [0.1, 0.15) is 20.3 Å². The molecule has 14 heavy (non-hydrogen) atoms. The molecule has 0 aliphatic carbocycles. The van der Waals surface area contributed by atoms with E-state index in [0.717, 1.165) is 6.54 Å². The van der Waals surface area contributed by atoms with Crippen LogP contribution in [0.5, 0.6) is 0 Å². The molecule has 2 atom stereocenters. The Morgan fingerprint density at radius 3 is 3.07 bits per heavy atom. The van der Waals surface area contributed by atoms with Gasteiger partial charge in [0.25, 0.3) is 0 Å². The van der Waals surface area contributed by atoms with Gasteiger partial charge >= 0.3 is 0 Å². The molecule has 0 saturated carbocycles. The summed E-state index contributed by atoms with van der Waals surface area (Å²) in [6, 6.07) is 0. The highest BCUT2D eigenvalue weighted by Gasteiger charge is 2.35. The van der Waals surface area contributed by atoms with Crippen LogP contribution in [0, 0.1) is 5.92 Å². The average Bonchev–Trinajstić information content (AvgIpc) is 2.73. The van der Waals surface area contributed by atoms with Crippen molar-refractivity contribution in [1.29, 1.82) is 0 Å². The van der Waals surface area contributed by atoms with Crippen molar-refractivity contribution in [2.24, 2.45) is 11.1 Å². The van der Waals surface area contributed by atoms with Crippen molar-refractivity contribution in [2.45, 2.75) is 20.3 Å². The minimum absolute atomic E-state index is 0.610. The zero-order chi connectivity index (χ0) is 9.97. The molecule has 2 aliphatic rings. The van der Waals surface area contributed by atoms with Crippen molar-refractivity contribution >= 4 is 5.71 Å². The van der Waals surface area contributed by atoms with Gasteiger partial charge in [0.1, 0.15) is 6.61 Å². The molecule has 0 spiro atoms. The maximum atomic E-state index is 5.27. The molecule has 3 nitrogen and oxygen atoms in total. The molecule has 0 aromatic carbocycles. The normalized spacial score (nSPS) is 32.3. The first-order valence-electron chi connectivity index (χ1n) is 5.30. The molecule has 2 fully saturated rings. The van der Waals surface area contributed by atoms with Crippen molar-refractivity contribution in [3.63, 3.8) is 0 Å². The van der Waals surface area contributed by atoms with Gasteiger partial charge in [-0.05, 0) is 32.9 Å². The van der Waals surface area contributed by atoms with E-state index in [1.807, 2.05) is 0 Å². The smallest absolute Gasteiger partial charge is 0.135 e. The molecule has 2 rings (SSSR count). The Hall–Kier alpha value is -0.830. The van der Waals surface area contributed by atoms with Gasteiger partial charge in [0.15, 0.2) is 0 Å². The lowest BCUT2D eigenvalue weighted by atomic mass is 10.0. The molecular weight excluding hydrogens is 176 g/mol. The van der Waals surface area contributed by atoms with E-state index in [1.165, 1.54) is 30.8 Å². The van der Waals surface area contributed by atoms with Gasteiger partial charge < -0.3 is 4.84 Å². The molecule has 2 aliphatic heterocycles. The van der Waals surface area contributed by atoms with E-state index in [1.54, 1.807) is 0 Å². The summed E-state index contributed by atoms with van der Waals surface area (Å²) in [5.41, 5.74) is 2.53. The van der Waals surface area contributed by atoms with Gasteiger partial charge in [-0.25, -0.2) is 0 Å². The highest BCUT2D eigenvalue weighted by molar-refractivity contribution is 5.91. The molecule has 3 heteroatoms. The Bertz CT molecular complexity index is 266.